The van der Waals surface area contributed by atoms with Crippen LogP contribution in [0, 0.1) is 25.7 Å². The molecule has 1 fully saturated rings. The van der Waals surface area contributed by atoms with E-state index >= 15 is 0 Å². The zero-order valence-electron chi connectivity index (χ0n) is 22.0. The van der Waals surface area contributed by atoms with E-state index in [1.54, 1.807) is 0 Å². The number of rotatable bonds is 7. The molecule has 0 aromatic heterocycles. The van der Waals surface area contributed by atoms with Crippen LogP contribution >= 0.6 is 23.2 Å². The van der Waals surface area contributed by atoms with Crippen molar-refractivity contribution in [3.63, 3.8) is 0 Å². The molecule has 1 N–H and O–H groups in total. The first kappa shape index (κ1) is 26.1. The summed E-state index contributed by atoms with van der Waals surface area (Å²) in [7, 11) is 0. The van der Waals surface area contributed by atoms with Crippen molar-refractivity contribution >= 4 is 46.6 Å². The van der Waals surface area contributed by atoms with Gasteiger partial charge in [-0.2, -0.15) is 0 Å². The van der Waals surface area contributed by atoms with Crippen molar-refractivity contribution in [3.8, 4) is 0 Å². The maximum absolute atomic E-state index is 13.8. The minimum Gasteiger partial charge on any atom is -0.326 e. The Morgan fingerprint density at radius 3 is 1.69 bits per heavy atom. The lowest BCUT2D eigenvalue weighted by Crippen LogP contribution is -2.57. The van der Waals surface area contributed by atoms with Crippen LogP contribution in [0.3, 0.4) is 0 Å². The van der Waals surface area contributed by atoms with Crippen LogP contribution in [0.25, 0.3) is 0 Å². The molecule has 1 aliphatic heterocycles. The van der Waals surface area contributed by atoms with E-state index in [0.29, 0.717) is 25.7 Å². The van der Waals surface area contributed by atoms with E-state index in [9.17, 15) is 14.4 Å². The van der Waals surface area contributed by atoms with Crippen LogP contribution in [-0.4, -0.2) is 29.2 Å². The minimum absolute atomic E-state index is 0.0420. The van der Waals surface area contributed by atoms with Crippen molar-refractivity contribution in [2.45, 2.75) is 49.3 Å². The summed E-state index contributed by atoms with van der Waals surface area (Å²) < 4.78 is 0. The fraction of sp³-hybridized carbons (Fsp3) is 0.344. The monoisotopic (exact) mass is 560 g/mol. The SMILES string of the molecule is Cc1cc(C)cc(NC(=O)CCCCCN2C(=O)[C@H]3[C@H](C2=O)C2(Cl)c4ccccc4C3(Cl)c3ccccc32)c1. The second-order valence-electron chi connectivity index (χ2n) is 11.0. The van der Waals surface area contributed by atoms with Crippen LogP contribution in [0.5, 0.6) is 0 Å². The Morgan fingerprint density at radius 1 is 0.769 bits per heavy atom. The average molecular weight is 562 g/mol. The van der Waals surface area contributed by atoms with Crippen molar-refractivity contribution < 1.29 is 14.4 Å². The number of carbonyl (C=O) groups is 3. The number of likely N-dealkylation sites (tertiary alicyclic amines) is 1. The Balaban J connectivity index is 1.15. The normalized spacial score (nSPS) is 26.3. The number of benzene rings is 3. The van der Waals surface area contributed by atoms with Crippen LogP contribution in [-0.2, 0) is 24.1 Å². The molecule has 4 aliphatic rings. The summed E-state index contributed by atoms with van der Waals surface area (Å²) in [6, 6.07) is 21.3. The Bertz CT molecular complexity index is 1380. The van der Waals surface area contributed by atoms with E-state index < -0.39 is 21.6 Å². The molecule has 2 atom stereocenters. The summed E-state index contributed by atoms with van der Waals surface area (Å²) in [5.74, 6) is -2.10. The number of aryl methyl sites for hydroxylation is 2. The van der Waals surface area contributed by atoms with Crippen LogP contribution in [0.15, 0.2) is 66.7 Å². The lowest BCUT2D eigenvalue weighted by Gasteiger charge is -2.54. The number of hydrogen-bond acceptors (Lipinski definition) is 3. The van der Waals surface area contributed by atoms with E-state index in [0.717, 1.165) is 39.1 Å². The van der Waals surface area contributed by atoms with Crippen molar-refractivity contribution in [3.05, 3.63) is 100 Å². The molecule has 1 saturated heterocycles. The number of nitrogens with one attached hydrogen (secondary N) is 1. The largest absolute Gasteiger partial charge is 0.326 e. The van der Waals surface area contributed by atoms with Gasteiger partial charge in [0.05, 0.1) is 11.8 Å². The number of nitrogens with zero attached hydrogens (tertiary/aromatic N) is 1. The topological polar surface area (TPSA) is 66.5 Å². The molecule has 39 heavy (non-hydrogen) atoms. The van der Waals surface area contributed by atoms with Crippen LogP contribution in [0.1, 0.15) is 59.1 Å². The molecule has 0 radical (unpaired) electrons. The molecule has 0 saturated carbocycles. The fourth-order valence-electron chi connectivity index (χ4n) is 6.95. The molecule has 7 heteroatoms. The van der Waals surface area contributed by atoms with Gasteiger partial charge in [0.15, 0.2) is 0 Å². The molecule has 3 amide bonds. The summed E-state index contributed by atoms with van der Waals surface area (Å²) in [6.07, 6.45) is 2.36. The number of alkyl halides is 2. The lowest BCUT2D eigenvalue weighted by molar-refractivity contribution is -0.140. The number of anilines is 1. The lowest BCUT2D eigenvalue weighted by atomic mass is 9.54. The standard InChI is InChI=1S/C32H30Cl2N2O3/c1-19-16-20(2)18-21(17-19)35-26(37)14-4-3-9-15-36-29(38)27-28(30(36)39)32(34)23-11-6-5-10-22(23)31(27,33)24-12-7-8-13-25(24)32/h5-8,10-13,16-18,27-28H,3-4,9,14-15H2,1-2H3,(H,35,37)/t27-,28-,31?,32?/m1/s1. The Hall–Kier alpha value is -3.15. The van der Waals surface area contributed by atoms with Gasteiger partial charge in [-0.25, -0.2) is 0 Å². The maximum atomic E-state index is 13.8. The van der Waals surface area contributed by atoms with Gasteiger partial charge in [0.1, 0.15) is 9.75 Å². The molecule has 3 aliphatic carbocycles. The third-order valence-electron chi connectivity index (χ3n) is 8.47. The zero-order chi connectivity index (χ0) is 27.5. The third-order valence-corrected chi connectivity index (χ3v) is 9.75. The molecule has 5 nitrogen and oxygen atoms in total. The van der Waals surface area contributed by atoms with Gasteiger partial charge in [-0.05, 0) is 72.2 Å². The number of halogens is 2. The molecule has 1 heterocycles. The van der Waals surface area contributed by atoms with Gasteiger partial charge in [-0.15, -0.1) is 23.2 Å². The average Bonchev–Trinajstić information content (AvgIpc) is 3.17. The first-order chi connectivity index (χ1) is 18.7. The minimum atomic E-state index is -1.15. The molecular weight excluding hydrogens is 531 g/mol. The van der Waals surface area contributed by atoms with E-state index in [-0.39, 0.29) is 24.3 Å². The van der Waals surface area contributed by atoms with Crippen molar-refractivity contribution in [1.82, 2.24) is 4.90 Å². The second kappa shape index (κ2) is 9.50. The van der Waals surface area contributed by atoms with Crippen LogP contribution < -0.4 is 5.32 Å². The van der Waals surface area contributed by atoms with Gasteiger partial charge in [0.25, 0.3) is 0 Å². The van der Waals surface area contributed by atoms with Crippen LogP contribution in [0.2, 0.25) is 0 Å². The quantitative estimate of drug-likeness (QED) is 0.206. The van der Waals surface area contributed by atoms with Gasteiger partial charge < -0.3 is 5.32 Å². The molecule has 3 aromatic rings. The smallest absolute Gasteiger partial charge is 0.235 e. The van der Waals surface area contributed by atoms with Gasteiger partial charge in [0, 0.05) is 18.7 Å². The fourth-order valence-corrected chi connectivity index (χ4v) is 8.05. The first-order valence-electron chi connectivity index (χ1n) is 13.5. The molecule has 0 spiro atoms. The molecule has 2 bridgehead atoms. The number of carbonyl (C=O) groups excluding carboxylic acids is 3. The molecule has 0 unspecified atom stereocenters. The predicted molar refractivity (Wildman–Crippen MR) is 153 cm³/mol. The molecule has 200 valence electrons. The number of unbranched alkanes of at least 4 members (excludes halogenated alkanes) is 2. The first-order valence-corrected chi connectivity index (χ1v) is 14.2. The van der Waals surface area contributed by atoms with Crippen LogP contribution in [0.4, 0.5) is 5.69 Å². The summed E-state index contributed by atoms with van der Waals surface area (Å²) in [6.45, 7) is 4.29. The summed E-state index contributed by atoms with van der Waals surface area (Å²) in [4.78, 5) is 39.2. The van der Waals surface area contributed by atoms with Crippen molar-refractivity contribution in [2.24, 2.45) is 11.8 Å². The highest BCUT2D eigenvalue weighted by atomic mass is 35.5. The highest BCUT2D eigenvalue weighted by Crippen LogP contribution is 2.69. The summed E-state index contributed by atoms with van der Waals surface area (Å²) >= 11 is 14.9. The summed E-state index contributed by atoms with van der Waals surface area (Å²) in [5.41, 5.74) is 6.22. The summed E-state index contributed by atoms with van der Waals surface area (Å²) in [5, 5.41) is 2.96. The molecule has 7 rings (SSSR count). The number of hydrogen-bond donors (Lipinski definition) is 1. The third kappa shape index (κ3) is 3.85. The predicted octanol–water partition coefficient (Wildman–Crippen LogP) is 6.40. The number of imide groups is 1. The Labute approximate surface area is 238 Å². The van der Waals surface area contributed by atoms with E-state index in [2.05, 4.69) is 11.4 Å². The Kier molecular flexibility index (Phi) is 6.35. The van der Waals surface area contributed by atoms with Crippen molar-refractivity contribution in [1.29, 1.82) is 0 Å². The molecule has 3 aromatic carbocycles. The highest BCUT2D eigenvalue weighted by molar-refractivity contribution is 6.36. The van der Waals surface area contributed by atoms with Gasteiger partial charge in [-0.1, -0.05) is 61.0 Å². The van der Waals surface area contributed by atoms with Gasteiger partial charge in [0.2, 0.25) is 17.7 Å². The highest BCUT2D eigenvalue weighted by Gasteiger charge is 2.72. The Morgan fingerprint density at radius 2 is 1.23 bits per heavy atom. The van der Waals surface area contributed by atoms with Gasteiger partial charge in [-0.3, -0.25) is 19.3 Å². The van der Waals surface area contributed by atoms with Crippen molar-refractivity contribution in [2.75, 3.05) is 11.9 Å². The van der Waals surface area contributed by atoms with E-state index in [4.69, 9.17) is 23.2 Å². The number of amides is 3. The maximum Gasteiger partial charge on any atom is 0.235 e. The second-order valence-corrected chi connectivity index (χ2v) is 12.2. The van der Waals surface area contributed by atoms with E-state index in [1.807, 2.05) is 74.5 Å². The zero-order valence-corrected chi connectivity index (χ0v) is 23.5. The van der Waals surface area contributed by atoms with E-state index in [1.165, 1.54) is 4.90 Å². The van der Waals surface area contributed by atoms with Gasteiger partial charge >= 0.3 is 0 Å². The molecular formula is C32H30Cl2N2O3.